The van der Waals surface area contributed by atoms with Crippen LogP contribution >= 0.6 is 0 Å². The fourth-order valence-corrected chi connectivity index (χ4v) is 2.50. The number of carbonyl (C=O) groups is 2. The minimum Gasteiger partial charge on any atom is -0.348 e. The molecule has 0 radical (unpaired) electrons. The summed E-state index contributed by atoms with van der Waals surface area (Å²) in [5.41, 5.74) is 0.612. The lowest BCUT2D eigenvalue weighted by molar-refractivity contribution is -0.123. The van der Waals surface area contributed by atoms with Crippen LogP contribution in [0, 0.1) is 17.5 Å². The Balaban J connectivity index is 1.82. The zero-order valence-corrected chi connectivity index (χ0v) is 14.9. The van der Waals surface area contributed by atoms with Gasteiger partial charge in [-0.2, -0.15) is 0 Å². The molecule has 27 heavy (non-hydrogen) atoms. The Morgan fingerprint density at radius 2 is 1.56 bits per heavy atom. The van der Waals surface area contributed by atoms with E-state index < -0.39 is 29.4 Å². The van der Waals surface area contributed by atoms with E-state index in [4.69, 9.17) is 0 Å². The standard InChI is InChI=1S/C19H20F3N3O2/c1-12(16-8-5-14(21)9-17(16)22)23-18(26)10-25(2)11-19(27)24-15-6-3-13(20)4-7-15/h3-9,12H,10-11H2,1-2H3,(H,23,26)(H,24,27)/t12-/m1/s1. The Hall–Kier alpha value is -2.87. The van der Waals surface area contributed by atoms with Gasteiger partial charge in [0.2, 0.25) is 11.8 Å². The van der Waals surface area contributed by atoms with Crippen LogP contribution in [-0.2, 0) is 9.59 Å². The van der Waals surface area contributed by atoms with Gasteiger partial charge in [-0.15, -0.1) is 0 Å². The SMILES string of the molecule is C[C@@H](NC(=O)CN(C)CC(=O)Nc1ccc(F)cc1)c1ccc(F)cc1F. The fraction of sp³-hybridized carbons (Fsp3) is 0.263. The predicted molar refractivity (Wildman–Crippen MR) is 95.4 cm³/mol. The molecule has 2 aromatic rings. The molecule has 0 saturated heterocycles. The largest absolute Gasteiger partial charge is 0.348 e. The van der Waals surface area contributed by atoms with Crippen molar-refractivity contribution < 1.29 is 22.8 Å². The Morgan fingerprint density at radius 3 is 2.19 bits per heavy atom. The van der Waals surface area contributed by atoms with Gasteiger partial charge in [-0.3, -0.25) is 14.5 Å². The highest BCUT2D eigenvalue weighted by Gasteiger charge is 2.16. The second-order valence-electron chi connectivity index (χ2n) is 6.18. The van der Waals surface area contributed by atoms with Crippen LogP contribution in [0.4, 0.5) is 18.9 Å². The van der Waals surface area contributed by atoms with E-state index in [9.17, 15) is 22.8 Å². The number of nitrogens with zero attached hydrogens (tertiary/aromatic N) is 1. The van der Waals surface area contributed by atoms with Gasteiger partial charge in [0.05, 0.1) is 19.1 Å². The van der Waals surface area contributed by atoms with Crippen LogP contribution in [0.1, 0.15) is 18.5 Å². The van der Waals surface area contributed by atoms with E-state index in [2.05, 4.69) is 10.6 Å². The van der Waals surface area contributed by atoms with Gasteiger partial charge < -0.3 is 10.6 Å². The minimum atomic E-state index is -0.741. The van der Waals surface area contributed by atoms with Crippen molar-refractivity contribution >= 4 is 17.5 Å². The summed E-state index contributed by atoms with van der Waals surface area (Å²) >= 11 is 0. The Morgan fingerprint density at radius 1 is 0.963 bits per heavy atom. The lowest BCUT2D eigenvalue weighted by atomic mass is 10.1. The zero-order chi connectivity index (χ0) is 20.0. The van der Waals surface area contributed by atoms with Crippen LogP contribution in [0.15, 0.2) is 42.5 Å². The molecule has 0 bridgehead atoms. The summed E-state index contributed by atoms with van der Waals surface area (Å²) in [5, 5.41) is 5.19. The molecule has 0 aromatic heterocycles. The van der Waals surface area contributed by atoms with Gasteiger partial charge in [-0.05, 0) is 44.3 Å². The molecule has 0 aliphatic rings. The van der Waals surface area contributed by atoms with Crippen LogP contribution < -0.4 is 10.6 Å². The van der Waals surface area contributed by atoms with E-state index in [1.54, 1.807) is 14.0 Å². The average Bonchev–Trinajstić information content (AvgIpc) is 2.56. The molecule has 1 atom stereocenters. The zero-order valence-electron chi connectivity index (χ0n) is 14.9. The van der Waals surface area contributed by atoms with Crippen molar-refractivity contribution in [2.45, 2.75) is 13.0 Å². The molecule has 0 aliphatic heterocycles. The van der Waals surface area contributed by atoms with E-state index in [1.807, 2.05) is 0 Å². The third-order valence-electron chi connectivity index (χ3n) is 3.76. The highest BCUT2D eigenvalue weighted by molar-refractivity contribution is 5.92. The van der Waals surface area contributed by atoms with Crippen molar-refractivity contribution in [2.75, 3.05) is 25.5 Å². The van der Waals surface area contributed by atoms with Crippen molar-refractivity contribution in [3.8, 4) is 0 Å². The summed E-state index contributed by atoms with van der Waals surface area (Å²) in [7, 11) is 1.58. The van der Waals surface area contributed by atoms with Gasteiger partial charge in [0.1, 0.15) is 17.5 Å². The molecule has 5 nitrogen and oxygen atoms in total. The van der Waals surface area contributed by atoms with E-state index >= 15 is 0 Å². The van der Waals surface area contributed by atoms with Gasteiger partial charge in [-0.25, -0.2) is 13.2 Å². The summed E-state index contributed by atoms with van der Waals surface area (Å²) in [6.07, 6.45) is 0. The molecule has 2 N–H and O–H groups in total. The first-order valence-electron chi connectivity index (χ1n) is 8.23. The maximum atomic E-state index is 13.7. The second kappa shape index (κ2) is 9.18. The van der Waals surface area contributed by atoms with E-state index in [-0.39, 0.29) is 24.6 Å². The number of rotatable bonds is 7. The summed E-state index contributed by atoms with van der Waals surface area (Å²) in [6.45, 7) is 1.42. The van der Waals surface area contributed by atoms with Gasteiger partial charge in [-0.1, -0.05) is 6.07 Å². The number of amides is 2. The monoisotopic (exact) mass is 379 g/mol. The molecule has 0 spiro atoms. The van der Waals surface area contributed by atoms with E-state index in [0.29, 0.717) is 5.69 Å². The normalized spacial score (nSPS) is 11.9. The van der Waals surface area contributed by atoms with Crippen molar-refractivity contribution in [1.29, 1.82) is 0 Å². The van der Waals surface area contributed by atoms with Crippen molar-refractivity contribution in [3.05, 3.63) is 65.5 Å². The smallest absolute Gasteiger partial charge is 0.238 e. The van der Waals surface area contributed by atoms with Crippen molar-refractivity contribution in [1.82, 2.24) is 10.2 Å². The van der Waals surface area contributed by atoms with Gasteiger partial charge >= 0.3 is 0 Å². The lowest BCUT2D eigenvalue weighted by Crippen LogP contribution is -2.39. The Labute approximate surface area is 155 Å². The van der Waals surface area contributed by atoms with Crippen LogP contribution in [-0.4, -0.2) is 36.9 Å². The van der Waals surface area contributed by atoms with Crippen LogP contribution in [0.25, 0.3) is 0 Å². The van der Waals surface area contributed by atoms with Crippen molar-refractivity contribution in [2.24, 2.45) is 0 Å². The number of likely N-dealkylation sites (N-methyl/N-ethyl adjacent to an activating group) is 1. The number of hydrogen-bond acceptors (Lipinski definition) is 3. The quantitative estimate of drug-likeness (QED) is 0.778. The molecule has 2 aromatic carbocycles. The number of nitrogens with one attached hydrogen (secondary N) is 2. The van der Waals surface area contributed by atoms with Crippen LogP contribution in [0.2, 0.25) is 0 Å². The molecular formula is C19H20F3N3O2. The number of halogens is 3. The first-order chi connectivity index (χ1) is 12.7. The highest BCUT2D eigenvalue weighted by Crippen LogP contribution is 2.17. The summed E-state index contributed by atoms with van der Waals surface area (Å²) < 4.78 is 39.5. The number of hydrogen-bond donors (Lipinski definition) is 2. The first-order valence-corrected chi connectivity index (χ1v) is 8.23. The molecule has 0 heterocycles. The Kier molecular flexibility index (Phi) is 6.95. The van der Waals surface area contributed by atoms with Crippen LogP contribution in [0.3, 0.4) is 0 Å². The molecule has 0 aliphatic carbocycles. The van der Waals surface area contributed by atoms with Crippen molar-refractivity contribution in [3.63, 3.8) is 0 Å². The summed E-state index contributed by atoms with van der Waals surface area (Å²) in [4.78, 5) is 25.5. The number of benzene rings is 2. The van der Waals surface area contributed by atoms with Crippen LogP contribution in [0.5, 0.6) is 0 Å². The molecule has 2 rings (SSSR count). The lowest BCUT2D eigenvalue weighted by Gasteiger charge is -2.19. The maximum Gasteiger partial charge on any atom is 0.238 e. The highest BCUT2D eigenvalue weighted by atomic mass is 19.1. The molecular weight excluding hydrogens is 359 g/mol. The van der Waals surface area contributed by atoms with Gasteiger partial charge in [0.25, 0.3) is 0 Å². The Bertz CT molecular complexity index is 812. The fourth-order valence-electron chi connectivity index (χ4n) is 2.50. The average molecular weight is 379 g/mol. The van der Waals surface area contributed by atoms with E-state index in [0.717, 1.165) is 12.1 Å². The van der Waals surface area contributed by atoms with Gasteiger partial charge in [0.15, 0.2) is 0 Å². The summed E-state index contributed by atoms with van der Waals surface area (Å²) in [5.74, 6) is -2.62. The second-order valence-corrected chi connectivity index (χ2v) is 6.18. The first kappa shape index (κ1) is 20.4. The summed E-state index contributed by atoms with van der Waals surface area (Å²) in [6, 6.07) is 7.80. The number of anilines is 1. The molecule has 0 unspecified atom stereocenters. The molecule has 8 heteroatoms. The van der Waals surface area contributed by atoms with Gasteiger partial charge in [0, 0.05) is 17.3 Å². The molecule has 2 amide bonds. The maximum absolute atomic E-state index is 13.7. The predicted octanol–water partition coefficient (Wildman–Crippen LogP) is 2.85. The number of carbonyl (C=O) groups excluding carboxylic acids is 2. The molecule has 144 valence electrons. The minimum absolute atomic E-state index is 0.0654. The third kappa shape index (κ3) is 6.41. The molecule has 0 fully saturated rings. The van der Waals surface area contributed by atoms with E-state index in [1.165, 1.54) is 35.2 Å². The third-order valence-corrected chi connectivity index (χ3v) is 3.76. The topological polar surface area (TPSA) is 61.4 Å². The molecule has 0 saturated carbocycles.